The highest BCUT2D eigenvalue weighted by atomic mass is 32.1. The van der Waals surface area contributed by atoms with Crippen molar-refractivity contribution >= 4 is 28.7 Å². The summed E-state index contributed by atoms with van der Waals surface area (Å²) in [5.41, 5.74) is 5.29. The molecule has 1 heterocycles. The zero-order chi connectivity index (χ0) is 7.56. The Morgan fingerprint density at radius 2 is 2.50 bits per heavy atom. The summed E-state index contributed by atoms with van der Waals surface area (Å²) < 4.78 is 4.02. The van der Waals surface area contributed by atoms with Crippen LogP contribution in [0.25, 0.3) is 0 Å². The van der Waals surface area contributed by atoms with Crippen molar-refractivity contribution in [3.63, 3.8) is 0 Å². The van der Waals surface area contributed by atoms with Crippen molar-refractivity contribution in [2.45, 2.75) is 13.3 Å². The van der Waals surface area contributed by atoms with Crippen LogP contribution in [-0.4, -0.2) is 14.3 Å². The zero-order valence-corrected chi connectivity index (χ0v) is 7.13. The van der Waals surface area contributed by atoms with E-state index in [0.717, 1.165) is 10.8 Å². The van der Waals surface area contributed by atoms with E-state index >= 15 is 0 Å². The largest absolute Gasteiger partial charge is 0.393 e. The van der Waals surface area contributed by atoms with Gasteiger partial charge in [0.15, 0.2) is 0 Å². The summed E-state index contributed by atoms with van der Waals surface area (Å²) in [6.45, 7) is 1.90. The monoisotopic (exact) mass is 173 g/mol. The molecule has 0 saturated heterocycles. The lowest BCUT2D eigenvalue weighted by atomic mass is 10.4. The number of hydrogen-bond acceptors (Lipinski definition) is 4. The molecule has 1 aromatic heterocycles. The lowest BCUT2D eigenvalue weighted by Gasteiger charge is -1.87. The molecule has 3 nitrogen and oxygen atoms in total. The van der Waals surface area contributed by atoms with Gasteiger partial charge in [0.2, 0.25) is 0 Å². The minimum atomic E-state index is 0.442. The summed E-state index contributed by atoms with van der Waals surface area (Å²) in [6.07, 6.45) is 0.514. The van der Waals surface area contributed by atoms with Crippen molar-refractivity contribution in [1.82, 2.24) is 9.36 Å². The summed E-state index contributed by atoms with van der Waals surface area (Å²) in [6, 6.07) is 0. The third-order valence-corrected chi connectivity index (χ3v) is 1.70. The van der Waals surface area contributed by atoms with Gasteiger partial charge in [-0.05, 0) is 18.5 Å². The quantitative estimate of drug-likeness (QED) is 0.668. The highest BCUT2D eigenvalue weighted by molar-refractivity contribution is 7.80. The second-order valence-corrected chi connectivity index (χ2v) is 3.35. The first-order chi connectivity index (χ1) is 4.68. The number of rotatable bonds is 2. The van der Waals surface area contributed by atoms with E-state index in [1.165, 1.54) is 11.5 Å². The number of hydrogen-bond donors (Lipinski definition) is 1. The van der Waals surface area contributed by atoms with Gasteiger partial charge in [0.25, 0.3) is 0 Å². The number of nitrogens with two attached hydrogens (primary N) is 1. The predicted molar refractivity (Wildman–Crippen MR) is 45.1 cm³/mol. The Labute approximate surface area is 68.4 Å². The van der Waals surface area contributed by atoms with Crippen LogP contribution in [0.3, 0.4) is 0 Å². The first kappa shape index (κ1) is 7.56. The van der Waals surface area contributed by atoms with Crippen molar-refractivity contribution in [2.75, 3.05) is 0 Å². The second kappa shape index (κ2) is 3.03. The zero-order valence-electron chi connectivity index (χ0n) is 5.50. The van der Waals surface area contributed by atoms with Crippen LogP contribution in [0.5, 0.6) is 0 Å². The SMILES string of the molecule is Cc1nc(CC(N)=S)ns1. The number of aromatic nitrogens is 2. The van der Waals surface area contributed by atoms with Gasteiger partial charge in [-0.3, -0.25) is 0 Å². The topological polar surface area (TPSA) is 51.8 Å². The van der Waals surface area contributed by atoms with Crippen LogP contribution in [0.1, 0.15) is 10.8 Å². The van der Waals surface area contributed by atoms with Gasteiger partial charge in [0.1, 0.15) is 10.8 Å². The summed E-state index contributed by atoms with van der Waals surface area (Å²) in [5, 5.41) is 0.950. The fraction of sp³-hybridized carbons (Fsp3) is 0.400. The fourth-order valence-corrected chi connectivity index (χ4v) is 1.19. The predicted octanol–water partition coefficient (Wildman–Crippen LogP) is 0.675. The van der Waals surface area contributed by atoms with Gasteiger partial charge in [0, 0.05) is 0 Å². The minimum Gasteiger partial charge on any atom is -0.393 e. The molecular formula is C5H7N3S2. The Morgan fingerprint density at radius 3 is 2.90 bits per heavy atom. The molecule has 0 aromatic carbocycles. The first-order valence-corrected chi connectivity index (χ1v) is 3.94. The second-order valence-electron chi connectivity index (χ2n) is 1.87. The normalized spacial score (nSPS) is 9.70. The van der Waals surface area contributed by atoms with Crippen LogP contribution >= 0.6 is 23.8 Å². The van der Waals surface area contributed by atoms with Crippen molar-refractivity contribution in [2.24, 2.45) is 5.73 Å². The molecule has 0 amide bonds. The van der Waals surface area contributed by atoms with Gasteiger partial charge in [-0.15, -0.1) is 0 Å². The highest BCUT2D eigenvalue weighted by Crippen LogP contribution is 2.02. The molecule has 2 N–H and O–H groups in total. The van der Waals surface area contributed by atoms with Crippen molar-refractivity contribution in [1.29, 1.82) is 0 Å². The Hall–Kier alpha value is -0.550. The summed E-state index contributed by atoms with van der Waals surface area (Å²) >= 11 is 6.06. The Bertz CT molecular complexity index is 243. The summed E-state index contributed by atoms with van der Waals surface area (Å²) in [5.74, 6) is 0.731. The van der Waals surface area contributed by atoms with Crippen molar-refractivity contribution in [3.8, 4) is 0 Å². The molecule has 0 saturated carbocycles. The average molecular weight is 173 g/mol. The third-order valence-electron chi connectivity index (χ3n) is 0.902. The highest BCUT2D eigenvalue weighted by Gasteiger charge is 2.00. The van der Waals surface area contributed by atoms with Crippen LogP contribution in [0.15, 0.2) is 0 Å². The maximum Gasteiger partial charge on any atom is 0.149 e. The molecule has 0 fully saturated rings. The Balaban J connectivity index is 2.67. The van der Waals surface area contributed by atoms with E-state index in [9.17, 15) is 0 Å². The lowest BCUT2D eigenvalue weighted by molar-refractivity contribution is 1.08. The molecule has 54 valence electrons. The number of thiocarbonyl (C=S) groups is 1. The van der Waals surface area contributed by atoms with Crippen LogP contribution in [0.2, 0.25) is 0 Å². The molecule has 1 aromatic rings. The molecule has 0 aliphatic carbocycles. The van der Waals surface area contributed by atoms with Gasteiger partial charge in [0.05, 0.1) is 11.4 Å². The van der Waals surface area contributed by atoms with Crippen LogP contribution in [0.4, 0.5) is 0 Å². The van der Waals surface area contributed by atoms with Gasteiger partial charge in [-0.1, -0.05) is 12.2 Å². The molecule has 0 aliphatic rings. The number of aryl methyl sites for hydroxylation is 1. The van der Waals surface area contributed by atoms with Gasteiger partial charge in [-0.2, -0.15) is 4.37 Å². The minimum absolute atomic E-state index is 0.442. The molecule has 0 spiro atoms. The van der Waals surface area contributed by atoms with Crippen LogP contribution < -0.4 is 5.73 Å². The Morgan fingerprint density at radius 1 is 1.80 bits per heavy atom. The van der Waals surface area contributed by atoms with E-state index in [2.05, 4.69) is 21.6 Å². The van der Waals surface area contributed by atoms with E-state index in [1.807, 2.05) is 6.92 Å². The average Bonchev–Trinajstić information content (AvgIpc) is 2.13. The smallest absolute Gasteiger partial charge is 0.149 e. The van der Waals surface area contributed by atoms with Crippen molar-refractivity contribution < 1.29 is 0 Å². The van der Waals surface area contributed by atoms with E-state index in [1.54, 1.807) is 0 Å². The standard InChI is InChI=1S/C5H7N3S2/c1-3-7-5(8-10-3)2-4(6)9/h2H2,1H3,(H2,6,9). The van der Waals surface area contributed by atoms with E-state index in [-0.39, 0.29) is 0 Å². The summed E-state index contributed by atoms with van der Waals surface area (Å²) in [7, 11) is 0. The molecule has 1 rings (SSSR count). The number of nitrogens with zero attached hydrogens (tertiary/aromatic N) is 2. The van der Waals surface area contributed by atoms with Crippen LogP contribution in [-0.2, 0) is 6.42 Å². The molecule has 0 atom stereocenters. The molecule has 5 heteroatoms. The van der Waals surface area contributed by atoms with E-state index < -0.39 is 0 Å². The fourth-order valence-electron chi connectivity index (χ4n) is 0.569. The Kier molecular flexibility index (Phi) is 2.29. The molecule has 0 aliphatic heterocycles. The molecule has 0 radical (unpaired) electrons. The summed E-state index contributed by atoms with van der Waals surface area (Å²) in [4.78, 5) is 4.53. The van der Waals surface area contributed by atoms with Crippen molar-refractivity contribution in [3.05, 3.63) is 10.8 Å². The van der Waals surface area contributed by atoms with Gasteiger partial charge in [-0.25, -0.2) is 4.98 Å². The van der Waals surface area contributed by atoms with Gasteiger partial charge >= 0.3 is 0 Å². The maximum atomic E-state index is 5.29. The first-order valence-electron chi connectivity index (χ1n) is 2.76. The lowest BCUT2D eigenvalue weighted by Crippen LogP contribution is -2.11. The van der Waals surface area contributed by atoms with E-state index in [4.69, 9.17) is 5.73 Å². The van der Waals surface area contributed by atoms with Gasteiger partial charge < -0.3 is 5.73 Å². The third kappa shape index (κ3) is 2.00. The maximum absolute atomic E-state index is 5.29. The molecule has 0 bridgehead atoms. The molecule has 0 unspecified atom stereocenters. The molecule has 10 heavy (non-hydrogen) atoms. The molecular weight excluding hydrogens is 166 g/mol. The van der Waals surface area contributed by atoms with Crippen LogP contribution in [0, 0.1) is 6.92 Å². The van der Waals surface area contributed by atoms with E-state index in [0.29, 0.717) is 11.4 Å².